The van der Waals surface area contributed by atoms with Crippen LogP contribution in [0.25, 0.3) is 0 Å². The Labute approximate surface area is 163 Å². The first-order valence-electron chi connectivity index (χ1n) is 9.45. The molecule has 1 amide bonds. The first-order chi connectivity index (χ1) is 13.7. The van der Waals surface area contributed by atoms with Crippen LogP contribution in [0.15, 0.2) is 71.9 Å². The number of pyridine rings is 1. The molecule has 0 bridgehead atoms. The van der Waals surface area contributed by atoms with Gasteiger partial charge in [-0.15, -0.1) is 0 Å². The van der Waals surface area contributed by atoms with Crippen LogP contribution < -0.4 is 16.2 Å². The number of hydrogen-bond acceptors (Lipinski definition) is 4. The molecule has 1 saturated heterocycles. The zero-order valence-electron chi connectivity index (χ0n) is 15.5. The van der Waals surface area contributed by atoms with Crippen molar-refractivity contribution in [3.63, 3.8) is 0 Å². The molecule has 4 rings (SSSR count). The predicted octanol–water partition coefficient (Wildman–Crippen LogP) is 1.81. The molecule has 3 heterocycles. The highest BCUT2D eigenvalue weighted by molar-refractivity contribution is 5.96. The molecular formula is C21H23N5O2. The summed E-state index contributed by atoms with van der Waals surface area (Å²) in [6.45, 7) is 1.90. The lowest BCUT2D eigenvalue weighted by molar-refractivity contribution is -0.126. The summed E-state index contributed by atoms with van der Waals surface area (Å²) in [4.78, 5) is 26.2. The number of amides is 1. The lowest BCUT2D eigenvalue weighted by atomic mass is 9.87. The number of benzene rings is 1. The number of aromatic nitrogens is 3. The molecule has 7 nitrogen and oxygen atoms in total. The van der Waals surface area contributed by atoms with Crippen molar-refractivity contribution >= 4 is 11.6 Å². The molecule has 0 unspecified atom stereocenters. The van der Waals surface area contributed by atoms with E-state index >= 15 is 0 Å². The summed E-state index contributed by atoms with van der Waals surface area (Å²) in [6.07, 6.45) is 6.45. The zero-order valence-corrected chi connectivity index (χ0v) is 15.5. The molecule has 28 heavy (non-hydrogen) atoms. The van der Waals surface area contributed by atoms with Crippen LogP contribution in [0.1, 0.15) is 18.4 Å². The van der Waals surface area contributed by atoms with Gasteiger partial charge in [0.05, 0.1) is 6.54 Å². The van der Waals surface area contributed by atoms with E-state index in [1.165, 1.54) is 0 Å². The fourth-order valence-corrected chi connectivity index (χ4v) is 3.70. The first kappa shape index (κ1) is 18.2. The smallest absolute Gasteiger partial charge is 0.274 e. The SMILES string of the molecule is O=C(Nc1cccn(Cc2ccccc2)c1=O)C1(n2cccn2)CCNCC1. The fourth-order valence-electron chi connectivity index (χ4n) is 3.70. The minimum atomic E-state index is -0.790. The monoisotopic (exact) mass is 377 g/mol. The lowest BCUT2D eigenvalue weighted by Gasteiger charge is -2.36. The van der Waals surface area contributed by atoms with E-state index in [9.17, 15) is 9.59 Å². The molecule has 1 aliphatic rings. The van der Waals surface area contributed by atoms with Gasteiger partial charge in [0, 0.05) is 18.6 Å². The van der Waals surface area contributed by atoms with Crippen molar-refractivity contribution in [3.05, 3.63) is 83.0 Å². The molecule has 144 valence electrons. The Morgan fingerprint density at radius 1 is 1.07 bits per heavy atom. The summed E-state index contributed by atoms with van der Waals surface area (Å²) >= 11 is 0. The van der Waals surface area contributed by atoms with E-state index in [4.69, 9.17) is 0 Å². The normalized spacial score (nSPS) is 15.9. The number of carbonyl (C=O) groups excluding carboxylic acids is 1. The van der Waals surface area contributed by atoms with Gasteiger partial charge in [0.25, 0.3) is 11.5 Å². The van der Waals surface area contributed by atoms with Crippen molar-refractivity contribution in [2.24, 2.45) is 0 Å². The molecule has 0 spiro atoms. The lowest BCUT2D eigenvalue weighted by Crippen LogP contribution is -2.52. The zero-order chi connectivity index (χ0) is 19.4. The number of carbonyl (C=O) groups is 1. The molecule has 0 aliphatic carbocycles. The maximum atomic E-state index is 13.3. The standard InChI is InChI=1S/C21H23N5O2/c27-19-18(8-4-14-25(19)16-17-6-2-1-3-7-17)24-20(28)21(9-12-22-13-10-21)26-15-5-11-23-26/h1-8,11,14-15,22H,9-10,12-13,16H2,(H,24,28). The topological polar surface area (TPSA) is 81.0 Å². The van der Waals surface area contributed by atoms with Gasteiger partial charge in [-0.2, -0.15) is 5.10 Å². The molecule has 3 aromatic rings. The molecule has 0 saturated carbocycles. The van der Waals surface area contributed by atoms with E-state index in [2.05, 4.69) is 15.7 Å². The van der Waals surface area contributed by atoms with Gasteiger partial charge in [-0.1, -0.05) is 30.3 Å². The number of anilines is 1. The third kappa shape index (κ3) is 3.48. The molecule has 2 N–H and O–H groups in total. The Morgan fingerprint density at radius 3 is 2.57 bits per heavy atom. The van der Waals surface area contributed by atoms with Crippen molar-refractivity contribution in [2.75, 3.05) is 18.4 Å². The van der Waals surface area contributed by atoms with Crippen LogP contribution >= 0.6 is 0 Å². The molecule has 2 aromatic heterocycles. The van der Waals surface area contributed by atoms with Gasteiger partial charge in [0.15, 0.2) is 0 Å². The number of nitrogens with zero attached hydrogens (tertiary/aromatic N) is 3. The molecule has 1 fully saturated rings. The first-order valence-corrected chi connectivity index (χ1v) is 9.45. The Morgan fingerprint density at radius 2 is 1.86 bits per heavy atom. The van der Waals surface area contributed by atoms with Crippen LogP contribution in [0.2, 0.25) is 0 Å². The molecular weight excluding hydrogens is 354 g/mol. The second-order valence-corrected chi connectivity index (χ2v) is 7.03. The third-order valence-corrected chi connectivity index (χ3v) is 5.26. The summed E-state index contributed by atoms with van der Waals surface area (Å²) in [6, 6.07) is 15.0. The highest BCUT2D eigenvalue weighted by Gasteiger charge is 2.42. The fraction of sp³-hybridized carbons (Fsp3) is 0.286. The largest absolute Gasteiger partial charge is 0.319 e. The van der Waals surface area contributed by atoms with E-state index in [0.717, 1.165) is 18.7 Å². The predicted molar refractivity (Wildman–Crippen MR) is 107 cm³/mol. The quantitative estimate of drug-likeness (QED) is 0.711. The van der Waals surface area contributed by atoms with Crippen LogP contribution in [0.5, 0.6) is 0 Å². The highest BCUT2D eigenvalue weighted by atomic mass is 16.2. The average molecular weight is 377 g/mol. The van der Waals surface area contributed by atoms with Gasteiger partial charge in [-0.25, -0.2) is 0 Å². The molecule has 0 radical (unpaired) electrons. The maximum absolute atomic E-state index is 13.3. The van der Waals surface area contributed by atoms with Crippen LogP contribution in [-0.4, -0.2) is 33.3 Å². The minimum absolute atomic E-state index is 0.202. The van der Waals surface area contributed by atoms with Gasteiger partial charge in [0.1, 0.15) is 11.2 Å². The van der Waals surface area contributed by atoms with Crippen molar-refractivity contribution in [3.8, 4) is 0 Å². The molecule has 7 heteroatoms. The van der Waals surface area contributed by atoms with Gasteiger partial charge in [-0.05, 0) is 49.7 Å². The van der Waals surface area contributed by atoms with Gasteiger partial charge >= 0.3 is 0 Å². The number of piperidine rings is 1. The van der Waals surface area contributed by atoms with Crippen molar-refractivity contribution in [2.45, 2.75) is 24.9 Å². The average Bonchev–Trinajstić information content (AvgIpc) is 3.28. The highest BCUT2D eigenvalue weighted by Crippen LogP contribution is 2.28. The minimum Gasteiger partial charge on any atom is -0.319 e. The summed E-state index contributed by atoms with van der Waals surface area (Å²) in [5, 5.41) is 10.5. The number of hydrogen-bond donors (Lipinski definition) is 2. The Bertz CT molecular complexity index is 989. The van der Waals surface area contributed by atoms with E-state index in [1.54, 1.807) is 33.8 Å². The van der Waals surface area contributed by atoms with Crippen LogP contribution in [-0.2, 0) is 16.9 Å². The van der Waals surface area contributed by atoms with Crippen molar-refractivity contribution < 1.29 is 4.79 Å². The van der Waals surface area contributed by atoms with E-state index in [-0.39, 0.29) is 17.2 Å². The second-order valence-electron chi connectivity index (χ2n) is 7.03. The maximum Gasteiger partial charge on any atom is 0.274 e. The van der Waals surface area contributed by atoms with Crippen LogP contribution in [0.3, 0.4) is 0 Å². The van der Waals surface area contributed by atoms with Crippen molar-refractivity contribution in [1.82, 2.24) is 19.7 Å². The molecule has 0 atom stereocenters. The van der Waals surface area contributed by atoms with Gasteiger partial charge in [0.2, 0.25) is 0 Å². The number of rotatable bonds is 5. The van der Waals surface area contributed by atoms with Gasteiger partial charge in [-0.3, -0.25) is 14.3 Å². The van der Waals surface area contributed by atoms with E-state index in [0.29, 0.717) is 19.4 Å². The molecule has 1 aromatic carbocycles. The number of nitrogens with one attached hydrogen (secondary N) is 2. The van der Waals surface area contributed by atoms with Crippen LogP contribution in [0.4, 0.5) is 5.69 Å². The van der Waals surface area contributed by atoms with Crippen LogP contribution in [0, 0.1) is 0 Å². The summed E-state index contributed by atoms with van der Waals surface area (Å²) < 4.78 is 3.32. The van der Waals surface area contributed by atoms with Gasteiger partial charge < -0.3 is 15.2 Å². The third-order valence-electron chi connectivity index (χ3n) is 5.26. The van der Waals surface area contributed by atoms with E-state index < -0.39 is 5.54 Å². The Balaban J connectivity index is 1.60. The summed E-state index contributed by atoms with van der Waals surface area (Å²) in [5.41, 5.74) is 0.304. The summed E-state index contributed by atoms with van der Waals surface area (Å²) in [5.74, 6) is -0.202. The Kier molecular flexibility index (Phi) is 5.08. The second kappa shape index (κ2) is 7.82. The van der Waals surface area contributed by atoms with E-state index in [1.807, 2.05) is 42.6 Å². The summed E-state index contributed by atoms with van der Waals surface area (Å²) in [7, 11) is 0. The van der Waals surface area contributed by atoms with Crippen molar-refractivity contribution in [1.29, 1.82) is 0 Å². The molecule has 1 aliphatic heterocycles. The Hall–Kier alpha value is -3.19.